The molecule has 0 aromatic heterocycles. The number of hydrogen-bond acceptors (Lipinski definition) is 5. The van der Waals surface area contributed by atoms with Crippen LogP contribution >= 0.6 is 30.8 Å². The predicted octanol–water partition coefficient (Wildman–Crippen LogP) is -1.19. The van der Waals surface area contributed by atoms with Crippen molar-refractivity contribution >= 4 is 36.8 Å². The molecule has 2 unspecified atom stereocenters. The van der Waals surface area contributed by atoms with Gasteiger partial charge in [0.25, 0.3) is 0 Å². The fourth-order valence-corrected chi connectivity index (χ4v) is 1.73. The Hall–Kier alpha value is 0.220. The Morgan fingerprint density at radius 3 is 2.60 bits per heavy atom. The number of carbonyl (C=O) groups is 1. The van der Waals surface area contributed by atoms with Gasteiger partial charge in [-0.3, -0.25) is 0 Å². The number of carbonyl (C=O) groups excluding carboxylic acids is 1. The van der Waals surface area contributed by atoms with Crippen LogP contribution in [-0.2, 0) is 14.1 Å². The van der Waals surface area contributed by atoms with Gasteiger partial charge in [-0.05, 0) is 25.1 Å². The molecule has 1 rings (SSSR count). The molecule has 0 fully saturated rings. The topological polar surface area (TPSA) is 95.9 Å². The smallest absolute Gasteiger partial charge is 0.776 e. The summed E-state index contributed by atoms with van der Waals surface area (Å²) in [5.74, 6) is -2.39. The van der Waals surface area contributed by atoms with Gasteiger partial charge in [-0.2, -0.15) is 0 Å². The van der Waals surface area contributed by atoms with Gasteiger partial charge in [0.1, 0.15) is 5.75 Å². The van der Waals surface area contributed by atoms with E-state index in [-0.39, 0.29) is 40.3 Å². The summed E-state index contributed by atoms with van der Waals surface area (Å²) in [6, 6.07) is 4.38. The SMILES string of the molecule is CC(OC(=O)COc1ccc(Cl)cc1Cl)P(=O)([O-])O.[Na+]. The normalized spacial score (nSPS) is 14.7. The minimum atomic E-state index is -4.71. The molecule has 0 saturated heterocycles. The molecule has 1 N–H and O–H groups in total. The molecule has 0 saturated carbocycles. The van der Waals surface area contributed by atoms with Crippen LogP contribution in [0.15, 0.2) is 18.2 Å². The van der Waals surface area contributed by atoms with Crippen molar-refractivity contribution in [1.29, 1.82) is 0 Å². The number of benzene rings is 1. The molecule has 0 aliphatic rings. The van der Waals surface area contributed by atoms with Crippen LogP contribution in [0.1, 0.15) is 6.92 Å². The molecule has 106 valence electrons. The Morgan fingerprint density at radius 1 is 1.50 bits per heavy atom. The van der Waals surface area contributed by atoms with Gasteiger partial charge < -0.3 is 23.8 Å². The third-order valence-electron chi connectivity index (χ3n) is 2.00. The van der Waals surface area contributed by atoms with Crippen molar-refractivity contribution < 1.29 is 58.2 Å². The van der Waals surface area contributed by atoms with Gasteiger partial charge in [-0.25, -0.2) is 4.79 Å². The number of ether oxygens (including phenoxy) is 2. The molecule has 0 bridgehead atoms. The van der Waals surface area contributed by atoms with Gasteiger partial charge in [0.2, 0.25) is 0 Å². The van der Waals surface area contributed by atoms with Crippen LogP contribution in [0.4, 0.5) is 0 Å². The van der Waals surface area contributed by atoms with Crippen LogP contribution in [0, 0.1) is 0 Å². The molecule has 20 heavy (non-hydrogen) atoms. The summed E-state index contributed by atoms with van der Waals surface area (Å²) in [7, 11) is -4.71. The maximum Gasteiger partial charge on any atom is 1.00 e. The molecular formula is C10H10Cl2NaO6P. The summed E-state index contributed by atoms with van der Waals surface area (Å²) in [5.41, 5.74) is 0. The average Bonchev–Trinajstić information content (AvgIpc) is 2.26. The summed E-state index contributed by atoms with van der Waals surface area (Å²) in [6.07, 6.45) is 0. The zero-order valence-electron chi connectivity index (χ0n) is 10.7. The molecule has 6 nitrogen and oxygen atoms in total. The Labute approximate surface area is 147 Å². The second-order valence-corrected chi connectivity index (χ2v) is 6.22. The molecule has 2 atom stereocenters. The molecule has 1 aromatic carbocycles. The summed E-state index contributed by atoms with van der Waals surface area (Å²) >= 11 is 11.5. The van der Waals surface area contributed by atoms with E-state index in [0.717, 1.165) is 6.92 Å². The fraction of sp³-hybridized carbons (Fsp3) is 0.300. The van der Waals surface area contributed by atoms with Crippen molar-refractivity contribution in [2.24, 2.45) is 0 Å². The first-order valence-electron chi connectivity index (χ1n) is 5.01. The monoisotopic (exact) mass is 350 g/mol. The van der Waals surface area contributed by atoms with E-state index in [1.165, 1.54) is 18.2 Å². The Bertz CT molecular complexity index is 520. The molecular weight excluding hydrogens is 341 g/mol. The standard InChI is InChI=1S/C10H11Cl2O6P.Na/c1-6(19(14,15)16)18-10(13)5-17-9-3-2-7(11)4-8(9)12;/h2-4,6H,5H2,1H3,(H2,14,15,16);/q;+1/p-1. The minimum absolute atomic E-state index is 0. The average molecular weight is 351 g/mol. The van der Waals surface area contributed by atoms with Gasteiger partial charge in [0, 0.05) is 5.02 Å². The summed E-state index contributed by atoms with van der Waals surface area (Å²) in [6.45, 7) is 0.479. The molecule has 0 radical (unpaired) electrons. The minimum Gasteiger partial charge on any atom is -0.776 e. The molecule has 0 amide bonds. The van der Waals surface area contributed by atoms with Crippen LogP contribution in [-0.4, -0.2) is 23.3 Å². The molecule has 1 aromatic rings. The van der Waals surface area contributed by atoms with Gasteiger partial charge in [-0.1, -0.05) is 23.2 Å². The van der Waals surface area contributed by atoms with Gasteiger partial charge in [0.05, 0.1) is 5.02 Å². The second-order valence-electron chi connectivity index (χ2n) is 3.52. The van der Waals surface area contributed by atoms with Crippen molar-refractivity contribution in [3.05, 3.63) is 28.2 Å². The molecule has 0 spiro atoms. The van der Waals surface area contributed by atoms with Gasteiger partial charge in [-0.15, -0.1) is 0 Å². The summed E-state index contributed by atoms with van der Waals surface area (Å²) in [5, 5.41) is 0.603. The predicted molar refractivity (Wildman–Crippen MR) is 67.3 cm³/mol. The summed E-state index contributed by atoms with van der Waals surface area (Å²) < 4.78 is 20.1. The Balaban J connectivity index is 0.00000361. The second kappa shape index (κ2) is 8.61. The molecule has 0 heterocycles. The number of hydrogen-bond donors (Lipinski definition) is 1. The first-order valence-corrected chi connectivity index (χ1v) is 7.41. The largest absolute Gasteiger partial charge is 1.00 e. The van der Waals surface area contributed by atoms with Crippen LogP contribution in [0.2, 0.25) is 10.0 Å². The van der Waals surface area contributed by atoms with Gasteiger partial charge in [0.15, 0.2) is 20.0 Å². The first-order chi connectivity index (χ1) is 8.70. The van der Waals surface area contributed by atoms with E-state index in [1.54, 1.807) is 0 Å². The van der Waals surface area contributed by atoms with Crippen LogP contribution in [0.5, 0.6) is 5.75 Å². The van der Waals surface area contributed by atoms with Crippen LogP contribution in [0.3, 0.4) is 0 Å². The van der Waals surface area contributed by atoms with Crippen molar-refractivity contribution in [3.8, 4) is 5.75 Å². The number of esters is 1. The van der Waals surface area contributed by atoms with Crippen molar-refractivity contribution in [3.63, 3.8) is 0 Å². The van der Waals surface area contributed by atoms with Crippen LogP contribution < -0.4 is 39.2 Å². The quantitative estimate of drug-likeness (QED) is 0.407. The van der Waals surface area contributed by atoms with E-state index >= 15 is 0 Å². The number of rotatable bonds is 5. The van der Waals surface area contributed by atoms with E-state index in [9.17, 15) is 14.3 Å². The third kappa shape index (κ3) is 6.78. The van der Waals surface area contributed by atoms with E-state index in [4.69, 9.17) is 32.8 Å². The third-order valence-corrected chi connectivity index (χ3v) is 3.56. The zero-order valence-corrected chi connectivity index (χ0v) is 15.1. The molecule has 10 heteroatoms. The van der Waals surface area contributed by atoms with Gasteiger partial charge >= 0.3 is 35.5 Å². The van der Waals surface area contributed by atoms with Crippen molar-refractivity contribution in [2.45, 2.75) is 12.8 Å². The fourth-order valence-electron chi connectivity index (χ4n) is 1.02. The molecule has 0 aliphatic carbocycles. The Kier molecular flexibility index (Phi) is 8.71. The number of halogens is 2. The Morgan fingerprint density at radius 2 is 2.10 bits per heavy atom. The van der Waals surface area contributed by atoms with Crippen molar-refractivity contribution in [2.75, 3.05) is 6.61 Å². The maximum absolute atomic E-state index is 11.3. The van der Waals surface area contributed by atoms with E-state index in [0.29, 0.717) is 5.02 Å². The maximum atomic E-state index is 11.3. The zero-order chi connectivity index (χ0) is 14.6. The first kappa shape index (κ1) is 20.2. The molecule has 0 aliphatic heterocycles. The van der Waals surface area contributed by atoms with E-state index < -0.39 is 26.0 Å². The summed E-state index contributed by atoms with van der Waals surface area (Å²) in [4.78, 5) is 30.6. The van der Waals surface area contributed by atoms with E-state index in [1.807, 2.05) is 0 Å². The van der Waals surface area contributed by atoms with E-state index in [2.05, 4.69) is 4.74 Å². The van der Waals surface area contributed by atoms with Crippen LogP contribution in [0.25, 0.3) is 0 Å². The van der Waals surface area contributed by atoms with Crippen molar-refractivity contribution in [1.82, 2.24) is 0 Å².